The number of nitrogens with one attached hydrogen (secondary N) is 1. The fourth-order valence-electron chi connectivity index (χ4n) is 4.25. The number of carbonyl (C=O) groups is 2. The van der Waals surface area contributed by atoms with Crippen LogP contribution in [0.15, 0.2) is 0 Å². The van der Waals surface area contributed by atoms with E-state index < -0.39 is 0 Å². The van der Waals surface area contributed by atoms with Gasteiger partial charge in [0.2, 0.25) is 5.91 Å². The number of ketones is 1. The molecule has 2 fully saturated rings. The molecule has 2 aliphatic carbocycles. The second kappa shape index (κ2) is 12.6. The van der Waals surface area contributed by atoms with Crippen molar-refractivity contribution in [1.29, 1.82) is 0 Å². The van der Waals surface area contributed by atoms with Gasteiger partial charge >= 0.3 is 0 Å². The van der Waals surface area contributed by atoms with E-state index in [0.29, 0.717) is 30.6 Å². The maximum atomic E-state index is 12.1. The van der Waals surface area contributed by atoms with Gasteiger partial charge in [0, 0.05) is 44.1 Å². The van der Waals surface area contributed by atoms with E-state index in [2.05, 4.69) is 12.2 Å². The molecule has 0 aromatic rings. The number of hydrogen-bond donors (Lipinski definition) is 1. The number of rotatable bonds is 13. The highest BCUT2D eigenvalue weighted by molar-refractivity contribution is 5.84. The molecule has 0 spiro atoms. The van der Waals surface area contributed by atoms with Crippen LogP contribution in [0, 0.1) is 23.7 Å². The zero-order valence-corrected chi connectivity index (χ0v) is 18.2. The standard InChI is InChI=1S/C23H41NO4/c1-4-11-27-15-18-6-8-19(9-7-18)16-28-12-10-22(25)24-21-13-20(14-21)23(26)17(3)5-2/h17-21H,4-16H2,1-3H3,(H,24,25). The summed E-state index contributed by atoms with van der Waals surface area (Å²) < 4.78 is 11.4. The lowest BCUT2D eigenvalue weighted by Crippen LogP contribution is -2.47. The number of carbonyl (C=O) groups excluding carboxylic acids is 2. The topological polar surface area (TPSA) is 64.6 Å². The Morgan fingerprint density at radius 1 is 0.964 bits per heavy atom. The van der Waals surface area contributed by atoms with E-state index in [0.717, 1.165) is 45.5 Å². The van der Waals surface area contributed by atoms with Gasteiger partial charge in [-0.2, -0.15) is 0 Å². The van der Waals surface area contributed by atoms with Crippen LogP contribution in [0.4, 0.5) is 0 Å². The van der Waals surface area contributed by atoms with Crippen molar-refractivity contribution in [2.75, 3.05) is 26.4 Å². The summed E-state index contributed by atoms with van der Waals surface area (Å²) in [6, 6.07) is 0.177. The molecular weight excluding hydrogens is 354 g/mol. The molecule has 0 aliphatic heterocycles. The SMILES string of the molecule is CCCOCC1CCC(COCCC(=O)NC2CC(C(=O)C(C)CC)C2)CC1. The van der Waals surface area contributed by atoms with E-state index >= 15 is 0 Å². The van der Waals surface area contributed by atoms with Crippen LogP contribution in [0.3, 0.4) is 0 Å². The Labute approximate surface area is 171 Å². The highest BCUT2D eigenvalue weighted by atomic mass is 16.5. The molecular formula is C23H41NO4. The second-order valence-electron chi connectivity index (χ2n) is 8.93. The third-order valence-electron chi connectivity index (χ3n) is 6.50. The summed E-state index contributed by atoms with van der Waals surface area (Å²) in [5.41, 5.74) is 0. The van der Waals surface area contributed by atoms with Crippen LogP contribution in [-0.2, 0) is 19.1 Å². The second-order valence-corrected chi connectivity index (χ2v) is 8.93. The molecule has 0 heterocycles. The van der Waals surface area contributed by atoms with E-state index in [9.17, 15) is 9.59 Å². The lowest BCUT2D eigenvalue weighted by atomic mass is 9.74. The fourth-order valence-corrected chi connectivity index (χ4v) is 4.25. The molecule has 2 rings (SSSR count). The van der Waals surface area contributed by atoms with E-state index in [1.807, 2.05) is 13.8 Å². The summed E-state index contributed by atoms with van der Waals surface area (Å²) in [5.74, 6) is 2.06. The highest BCUT2D eigenvalue weighted by Gasteiger charge is 2.36. The predicted octanol–water partition coefficient (Wildman–Crippen LogP) is 4.14. The first-order valence-corrected chi connectivity index (χ1v) is 11.5. The first kappa shape index (κ1) is 23.3. The average molecular weight is 396 g/mol. The number of hydrogen-bond acceptors (Lipinski definition) is 4. The number of ether oxygens (including phenoxy) is 2. The van der Waals surface area contributed by atoms with Gasteiger partial charge in [0.15, 0.2) is 0 Å². The van der Waals surface area contributed by atoms with Crippen molar-refractivity contribution in [2.45, 2.75) is 84.6 Å². The Hall–Kier alpha value is -0.940. The minimum Gasteiger partial charge on any atom is -0.381 e. The molecule has 0 aromatic carbocycles. The van der Waals surface area contributed by atoms with Gasteiger partial charge < -0.3 is 14.8 Å². The highest BCUT2D eigenvalue weighted by Crippen LogP contribution is 2.31. The summed E-state index contributed by atoms with van der Waals surface area (Å²) in [6.45, 7) is 9.24. The summed E-state index contributed by atoms with van der Waals surface area (Å²) in [5, 5.41) is 3.04. The minimum absolute atomic E-state index is 0.0521. The van der Waals surface area contributed by atoms with Gasteiger partial charge in [-0.05, 0) is 63.2 Å². The Morgan fingerprint density at radius 3 is 2.07 bits per heavy atom. The zero-order chi connectivity index (χ0) is 20.4. The van der Waals surface area contributed by atoms with Crippen molar-refractivity contribution in [3.63, 3.8) is 0 Å². The van der Waals surface area contributed by atoms with Gasteiger partial charge in [0.05, 0.1) is 6.61 Å². The van der Waals surface area contributed by atoms with Gasteiger partial charge in [-0.25, -0.2) is 0 Å². The van der Waals surface area contributed by atoms with Crippen LogP contribution in [-0.4, -0.2) is 44.2 Å². The van der Waals surface area contributed by atoms with Crippen LogP contribution < -0.4 is 5.32 Å². The first-order valence-electron chi connectivity index (χ1n) is 11.5. The molecule has 162 valence electrons. The molecule has 1 unspecified atom stereocenters. The van der Waals surface area contributed by atoms with Crippen molar-refractivity contribution >= 4 is 11.7 Å². The van der Waals surface area contributed by atoms with Gasteiger partial charge in [0.1, 0.15) is 5.78 Å². The molecule has 2 aliphatic rings. The van der Waals surface area contributed by atoms with Gasteiger partial charge in [0.25, 0.3) is 0 Å². The van der Waals surface area contributed by atoms with E-state index in [1.165, 1.54) is 25.7 Å². The molecule has 1 N–H and O–H groups in total. The number of amides is 1. The van der Waals surface area contributed by atoms with Crippen molar-refractivity contribution in [1.82, 2.24) is 5.32 Å². The van der Waals surface area contributed by atoms with Crippen LogP contribution >= 0.6 is 0 Å². The van der Waals surface area contributed by atoms with Crippen molar-refractivity contribution in [3.05, 3.63) is 0 Å². The van der Waals surface area contributed by atoms with E-state index in [-0.39, 0.29) is 23.8 Å². The van der Waals surface area contributed by atoms with Gasteiger partial charge in [-0.3, -0.25) is 9.59 Å². The maximum absolute atomic E-state index is 12.1. The molecule has 0 saturated heterocycles. The molecule has 1 amide bonds. The quantitative estimate of drug-likeness (QED) is 0.476. The third-order valence-corrected chi connectivity index (χ3v) is 6.50. The smallest absolute Gasteiger partial charge is 0.222 e. The summed E-state index contributed by atoms with van der Waals surface area (Å²) in [4.78, 5) is 24.1. The molecule has 5 nitrogen and oxygen atoms in total. The monoisotopic (exact) mass is 395 g/mol. The first-order chi connectivity index (χ1) is 13.5. The third kappa shape index (κ3) is 7.82. The van der Waals surface area contributed by atoms with Gasteiger partial charge in [-0.1, -0.05) is 20.8 Å². The summed E-state index contributed by atoms with van der Waals surface area (Å²) >= 11 is 0. The van der Waals surface area contributed by atoms with Crippen molar-refractivity contribution < 1.29 is 19.1 Å². The lowest BCUT2D eigenvalue weighted by molar-refractivity contribution is -0.132. The van der Waals surface area contributed by atoms with Gasteiger partial charge in [-0.15, -0.1) is 0 Å². The molecule has 0 aromatic heterocycles. The van der Waals surface area contributed by atoms with E-state index in [4.69, 9.17) is 9.47 Å². The molecule has 0 bridgehead atoms. The van der Waals surface area contributed by atoms with Crippen molar-refractivity contribution in [3.8, 4) is 0 Å². The maximum Gasteiger partial charge on any atom is 0.222 e. The Kier molecular flexibility index (Phi) is 10.5. The Balaban J connectivity index is 1.46. The van der Waals surface area contributed by atoms with Crippen LogP contribution in [0.1, 0.15) is 78.6 Å². The lowest BCUT2D eigenvalue weighted by Gasteiger charge is -2.36. The van der Waals surface area contributed by atoms with Crippen LogP contribution in [0.2, 0.25) is 0 Å². The Bertz CT molecular complexity index is 467. The zero-order valence-electron chi connectivity index (χ0n) is 18.2. The van der Waals surface area contributed by atoms with Crippen LogP contribution in [0.5, 0.6) is 0 Å². The average Bonchev–Trinajstić information content (AvgIpc) is 2.68. The summed E-state index contributed by atoms with van der Waals surface area (Å²) in [7, 11) is 0. The molecule has 28 heavy (non-hydrogen) atoms. The molecule has 2 saturated carbocycles. The van der Waals surface area contributed by atoms with E-state index in [1.54, 1.807) is 0 Å². The van der Waals surface area contributed by atoms with Crippen molar-refractivity contribution in [2.24, 2.45) is 23.7 Å². The largest absolute Gasteiger partial charge is 0.381 e. The minimum atomic E-state index is 0.0521. The molecule has 1 atom stereocenters. The summed E-state index contributed by atoms with van der Waals surface area (Å²) in [6.07, 6.45) is 8.90. The van der Waals surface area contributed by atoms with Crippen LogP contribution in [0.25, 0.3) is 0 Å². The Morgan fingerprint density at radius 2 is 1.54 bits per heavy atom. The molecule has 0 radical (unpaired) electrons. The normalized spacial score (nSPS) is 28.4. The number of Topliss-reactive ketones (excluding diaryl/α,β-unsaturated/α-hetero) is 1. The molecule has 5 heteroatoms. The fraction of sp³-hybridized carbons (Fsp3) is 0.913. The predicted molar refractivity (Wildman–Crippen MR) is 111 cm³/mol.